The number of azide groups is 2. The fraction of sp³-hybridized carbons (Fsp3) is 0.0769. The SMILES string of the molecule is [N-]=[N+]=NCc1ccccc1-c1ccc(-c2ccc(-c3ccccc3CN=[N+]=[N-])cc2)cc1. The summed E-state index contributed by atoms with van der Waals surface area (Å²) in [7, 11) is 0. The summed E-state index contributed by atoms with van der Waals surface area (Å²) >= 11 is 0. The van der Waals surface area contributed by atoms with Gasteiger partial charge in [0.1, 0.15) is 0 Å². The summed E-state index contributed by atoms with van der Waals surface area (Å²) in [6.45, 7) is 0.661. The average molecular weight is 416 g/mol. The second kappa shape index (κ2) is 10.0. The van der Waals surface area contributed by atoms with Crippen molar-refractivity contribution in [1.29, 1.82) is 0 Å². The maximum Gasteiger partial charge on any atom is 0.0517 e. The highest BCUT2D eigenvalue weighted by Crippen LogP contribution is 2.30. The largest absolute Gasteiger partial charge is 0.0893 e. The van der Waals surface area contributed by atoms with E-state index in [0.29, 0.717) is 13.1 Å². The topological polar surface area (TPSA) is 97.5 Å². The summed E-state index contributed by atoms with van der Waals surface area (Å²) in [4.78, 5) is 5.74. The lowest BCUT2D eigenvalue weighted by Gasteiger charge is -2.10. The van der Waals surface area contributed by atoms with E-state index in [4.69, 9.17) is 11.1 Å². The fourth-order valence-corrected chi connectivity index (χ4v) is 3.78. The molecule has 32 heavy (non-hydrogen) atoms. The number of hydrogen-bond acceptors (Lipinski definition) is 2. The van der Waals surface area contributed by atoms with E-state index in [-0.39, 0.29) is 0 Å². The zero-order chi connectivity index (χ0) is 22.2. The van der Waals surface area contributed by atoms with Crippen LogP contribution in [0.3, 0.4) is 0 Å². The third-order valence-corrected chi connectivity index (χ3v) is 5.37. The van der Waals surface area contributed by atoms with Gasteiger partial charge in [0.15, 0.2) is 0 Å². The molecule has 0 amide bonds. The van der Waals surface area contributed by atoms with Crippen LogP contribution >= 0.6 is 0 Å². The van der Waals surface area contributed by atoms with Crippen molar-refractivity contribution >= 4 is 0 Å². The summed E-state index contributed by atoms with van der Waals surface area (Å²) in [6.07, 6.45) is 0. The minimum Gasteiger partial charge on any atom is -0.0893 e. The Morgan fingerprint density at radius 1 is 0.469 bits per heavy atom. The second-order valence-electron chi connectivity index (χ2n) is 7.25. The van der Waals surface area contributed by atoms with E-state index in [1.54, 1.807) is 0 Å². The maximum absolute atomic E-state index is 8.64. The standard InChI is InChI=1S/C26H20N6/c27-31-29-17-23-5-1-3-7-25(23)21-13-9-19(10-14-21)20-11-15-22(16-12-20)26-8-4-2-6-24(26)18-30-32-28/h1-16H,17-18H2. The highest BCUT2D eigenvalue weighted by molar-refractivity contribution is 5.75. The van der Waals surface area contributed by atoms with E-state index in [1.807, 2.05) is 48.5 Å². The molecule has 0 bridgehead atoms. The minimum absolute atomic E-state index is 0.330. The molecule has 0 N–H and O–H groups in total. The molecule has 0 aliphatic heterocycles. The Kier molecular flexibility index (Phi) is 6.49. The normalized spacial score (nSPS) is 10.1. The van der Waals surface area contributed by atoms with Crippen LogP contribution in [0.25, 0.3) is 54.3 Å². The summed E-state index contributed by atoms with van der Waals surface area (Å²) in [5.41, 5.74) is 25.8. The van der Waals surface area contributed by atoms with E-state index in [1.165, 1.54) is 0 Å². The molecule has 6 heteroatoms. The van der Waals surface area contributed by atoms with Gasteiger partial charge in [-0.05, 0) is 55.6 Å². The van der Waals surface area contributed by atoms with Crippen LogP contribution in [0, 0.1) is 0 Å². The van der Waals surface area contributed by atoms with Crippen molar-refractivity contribution in [2.45, 2.75) is 13.1 Å². The van der Waals surface area contributed by atoms with Crippen molar-refractivity contribution in [3.05, 3.63) is 129 Å². The van der Waals surface area contributed by atoms with Gasteiger partial charge in [0, 0.05) is 9.82 Å². The van der Waals surface area contributed by atoms with Gasteiger partial charge in [-0.2, -0.15) is 0 Å². The summed E-state index contributed by atoms with van der Waals surface area (Å²) in [5.74, 6) is 0. The number of hydrogen-bond donors (Lipinski definition) is 0. The molecule has 0 atom stereocenters. The molecule has 6 nitrogen and oxygen atoms in total. The first kappa shape index (κ1) is 20.8. The van der Waals surface area contributed by atoms with Crippen molar-refractivity contribution < 1.29 is 0 Å². The molecular weight excluding hydrogens is 396 g/mol. The fourth-order valence-electron chi connectivity index (χ4n) is 3.78. The predicted molar refractivity (Wildman–Crippen MR) is 128 cm³/mol. The Labute approximate surface area is 186 Å². The smallest absolute Gasteiger partial charge is 0.0517 e. The molecule has 0 fully saturated rings. The van der Waals surface area contributed by atoms with Gasteiger partial charge < -0.3 is 0 Å². The molecule has 0 saturated carbocycles. The lowest BCUT2D eigenvalue weighted by molar-refractivity contribution is 1.05. The van der Waals surface area contributed by atoms with Crippen LogP contribution in [0.4, 0.5) is 0 Å². The van der Waals surface area contributed by atoms with Gasteiger partial charge in [-0.15, -0.1) is 0 Å². The van der Waals surface area contributed by atoms with Gasteiger partial charge in [-0.1, -0.05) is 107 Å². The molecule has 4 aromatic rings. The van der Waals surface area contributed by atoms with E-state index >= 15 is 0 Å². The molecule has 0 heterocycles. The maximum atomic E-state index is 8.64. The Balaban J connectivity index is 1.59. The molecular formula is C26H20N6. The van der Waals surface area contributed by atoms with Crippen molar-refractivity contribution in [2.24, 2.45) is 10.2 Å². The minimum atomic E-state index is 0.330. The van der Waals surface area contributed by atoms with E-state index in [0.717, 1.165) is 44.5 Å². The molecule has 0 saturated heterocycles. The van der Waals surface area contributed by atoms with Crippen LogP contribution < -0.4 is 0 Å². The molecule has 0 aromatic heterocycles. The lowest BCUT2D eigenvalue weighted by atomic mass is 9.95. The zero-order valence-corrected chi connectivity index (χ0v) is 17.3. The Hall–Kier alpha value is -4.50. The van der Waals surface area contributed by atoms with Crippen LogP contribution in [-0.2, 0) is 13.1 Å². The van der Waals surface area contributed by atoms with Crippen molar-refractivity contribution in [1.82, 2.24) is 0 Å². The van der Waals surface area contributed by atoms with Crippen LogP contribution in [-0.4, -0.2) is 0 Å². The third kappa shape index (κ3) is 4.63. The van der Waals surface area contributed by atoms with Gasteiger partial charge in [0.25, 0.3) is 0 Å². The lowest BCUT2D eigenvalue weighted by Crippen LogP contribution is -1.89. The van der Waals surface area contributed by atoms with E-state index in [2.05, 4.69) is 68.6 Å². The number of benzene rings is 4. The van der Waals surface area contributed by atoms with Crippen molar-refractivity contribution in [3.63, 3.8) is 0 Å². The van der Waals surface area contributed by atoms with Gasteiger partial charge in [0.05, 0.1) is 13.1 Å². The first-order valence-electron chi connectivity index (χ1n) is 10.2. The molecule has 0 radical (unpaired) electrons. The van der Waals surface area contributed by atoms with Crippen LogP contribution in [0.5, 0.6) is 0 Å². The monoisotopic (exact) mass is 416 g/mol. The van der Waals surface area contributed by atoms with E-state index < -0.39 is 0 Å². The molecule has 0 aliphatic rings. The van der Waals surface area contributed by atoms with Crippen molar-refractivity contribution in [2.75, 3.05) is 0 Å². The van der Waals surface area contributed by atoms with Crippen LogP contribution in [0.15, 0.2) is 107 Å². The van der Waals surface area contributed by atoms with Crippen LogP contribution in [0.1, 0.15) is 11.1 Å². The summed E-state index contributed by atoms with van der Waals surface area (Å²) < 4.78 is 0. The summed E-state index contributed by atoms with van der Waals surface area (Å²) in [5, 5.41) is 7.41. The molecule has 0 aliphatic carbocycles. The predicted octanol–water partition coefficient (Wildman–Crippen LogP) is 8.31. The van der Waals surface area contributed by atoms with Gasteiger partial charge in [0.2, 0.25) is 0 Å². The number of nitrogens with zero attached hydrogens (tertiary/aromatic N) is 6. The second-order valence-corrected chi connectivity index (χ2v) is 7.25. The quantitative estimate of drug-likeness (QED) is 0.164. The van der Waals surface area contributed by atoms with Crippen molar-refractivity contribution in [3.8, 4) is 33.4 Å². The third-order valence-electron chi connectivity index (χ3n) is 5.37. The van der Waals surface area contributed by atoms with Gasteiger partial charge in [-0.25, -0.2) is 0 Å². The Morgan fingerprint density at radius 3 is 1.19 bits per heavy atom. The highest BCUT2D eigenvalue weighted by Gasteiger charge is 2.07. The Morgan fingerprint density at radius 2 is 0.812 bits per heavy atom. The first-order chi connectivity index (χ1) is 15.8. The molecule has 154 valence electrons. The average Bonchev–Trinajstić information content (AvgIpc) is 2.87. The van der Waals surface area contributed by atoms with Gasteiger partial charge in [-0.3, -0.25) is 0 Å². The number of rotatable bonds is 7. The highest BCUT2D eigenvalue weighted by atomic mass is 15.1. The Bertz CT molecular complexity index is 1210. The van der Waals surface area contributed by atoms with Crippen LogP contribution in [0.2, 0.25) is 0 Å². The molecule has 0 spiro atoms. The van der Waals surface area contributed by atoms with Gasteiger partial charge >= 0.3 is 0 Å². The first-order valence-corrected chi connectivity index (χ1v) is 10.2. The molecule has 4 aromatic carbocycles. The summed E-state index contributed by atoms with van der Waals surface area (Å²) in [6, 6.07) is 32.7. The molecule has 0 unspecified atom stereocenters. The zero-order valence-electron chi connectivity index (χ0n) is 17.3. The van der Waals surface area contributed by atoms with E-state index in [9.17, 15) is 0 Å². The molecule has 4 rings (SSSR count).